The highest BCUT2D eigenvalue weighted by atomic mass is 32.1. The van der Waals surface area contributed by atoms with Crippen molar-refractivity contribution in [2.75, 3.05) is 7.11 Å². The van der Waals surface area contributed by atoms with E-state index in [4.69, 9.17) is 9.73 Å². The molecule has 0 spiro atoms. The van der Waals surface area contributed by atoms with E-state index in [-0.39, 0.29) is 5.56 Å². The van der Waals surface area contributed by atoms with Gasteiger partial charge in [0.1, 0.15) is 0 Å². The Morgan fingerprint density at radius 1 is 0.895 bits per heavy atom. The van der Waals surface area contributed by atoms with Gasteiger partial charge >= 0.3 is 5.97 Å². The van der Waals surface area contributed by atoms with Crippen LogP contribution in [0.4, 0.5) is 0 Å². The minimum atomic E-state index is -1.00. The first-order valence-electron chi connectivity index (χ1n) is 12.2. The third kappa shape index (κ3) is 5.01. The van der Waals surface area contributed by atoms with Crippen LogP contribution in [-0.2, 0) is 9.53 Å². The minimum Gasteiger partial charge on any atom is -0.467 e. The molecule has 0 amide bonds. The molecule has 38 heavy (non-hydrogen) atoms. The van der Waals surface area contributed by atoms with Crippen molar-refractivity contribution in [1.29, 1.82) is 0 Å². The van der Waals surface area contributed by atoms with E-state index in [1.165, 1.54) is 23.1 Å². The summed E-state index contributed by atoms with van der Waals surface area (Å²) in [6.45, 7) is 1.85. The van der Waals surface area contributed by atoms with E-state index < -0.39 is 17.9 Å². The number of para-hydroxylation sites is 1. The second-order valence-electron chi connectivity index (χ2n) is 8.84. The van der Waals surface area contributed by atoms with Crippen molar-refractivity contribution in [3.8, 4) is 5.69 Å². The van der Waals surface area contributed by atoms with E-state index in [9.17, 15) is 9.59 Å². The summed E-state index contributed by atoms with van der Waals surface area (Å²) in [5.74, 6) is -1.18. The summed E-state index contributed by atoms with van der Waals surface area (Å²) in [5, 5.41) is 7.10. The van der Waals surface area contributed by atoms with E-state index in [0.29, 0.717) is 22.7 Å². The number of nitrogens with one attached hydrogen (secondary N) is 1. The summed E-state index contributed by atoms with van der Waals surface area (Å²) in [6.07, 6.45) is 0. The Hall–Kier alpha value is -4.49. The number of carbonyl (C=O) groups is 1. The number of aryl methyl sites for hydroxylation is 1. The fourth-order valence-corrected chi connectivity index (χ4v) is 5.37. The topological polar surface area (TPSA) is 76.4 Å². The van der Waals surface area contributed by atoms with Crippen LogP contribution in [0.2, 0.25) is 0 Å². The van der Waals surface area contributed by atoms with Crippen molar-refractivity contribution in [2.24, 2.45) is 4.99 Å². The number of rotatable bonds is 8. The molecule has 0 aliphatic carbocycles. The molecule has 7 heteroatoms. The zero-order valence-electron chi connectivity index (χ0n) is 21.1. The van der Waals surface area contributed by atoms with Crippen LogP contribution in [0.3, 0.4) is 0 Å². The molecule has 0 saturated carbocycles. The number of thiophene rings is 1. The summed E-state index contributed by atoms with van der Waals surface area (Å²) < 4.78 is 6.81. The van der Waals surface area contributed by atoms with Crippen molar-refractivity contribution in [1.82, 2.24) is 9.78 Å². The maximum Gasteiger partial charge on any atom is 0.331 e. The Bertz CT molecular complexity index is 1550. The number of hydrogen-bond donors (Lipinski definition) is 1. The van der Waals surface area contributed by atoms with Gasteiger partial charge < -0.3 is 4.74 Å². The lowest BCUT2D eigenvalue weighted by molar-refractivity contribution is -0.142. The van der Waals surface area contributed by atoms with Gasteiger partial charge in [-0.15, -0.1) is 0 Å². The second-order valence-corrected chi connectivity index (χ2v) is 9.62. The molecule has 0 bridgehead atoms. The maximum absolute atomic E-state index is 13.9. The minimum absolute atomic E-state index is 0.227. The zero-order chi connectivity index (χ0) is 26.5. The number of hydrogen-bond acceptors (Lipinski definition) is 5. The quantitative estimate of drug-likeness (QED) is 0.209. The lowest BCUT2D eigenvalue weighted by Gasteiger charge is -2.23. The molecule has 5 aromatic rings. The van der Waals surface area contributed by atoms with Gasteiger partial charge in [-0.1, -0.05) is 78.9 Å². The molecule has 0 fully saturated rings. The zero-order valence-corrected chi connectivity index (χ0v) is 21.9. The van der Waals surface area contributed by atoms with E-state index in [2.05, 4.69) is 5.10 Å². The first kappa shape index (κ1) is 25.2. The number of aliphatic imine (C=N–C) groups is 1. The van der Waals surface area contributed by atoms with Crippen LogP contribution in [-0.4, -0.2) is 34.6 Å². The third-order valence-corrected chi connectivity index (χ3v) is 7.17. The molecular weight excluding hydrogens is 494 g/mol. The Morgan fingerprint density at radius 3 is 2.00 bits per heavy atom. The summed E-state index contributed by atoms with van der Waals surface area (Å²) >= 11 is 1.51. The number of ether oxygens (including phenoxy) is 1. The summed E-state index contributed by atoms with van der Waals surface area (Å²) in [6, 6.07) is 29.8. The molecule has 2 heterocycles. The van der Waals surface area contributed by atoms with Gasteiger partial charge in [0, 0.05) is 16.8 Å². The number of nitrogens with zero attached hydrogens (tertiary/aromatic N) is 2. The average Bonchev–Trinajstić information content (AvgIpc) is 3.60. The van der Waals surface area contributed by atoms with E-state index in [1.807, 2.05) is 115 Å². The van der Waals surface area contributed by atoms with Gasteiger partial charge in [-0.2, -0.15) is 11.3 Å². The van der Waals surface area contributed by atoms with Crippen LogP contribution in [0.15, 0.2) is 118 Å². The Labute approximate surface area is 224 Å². The summed E-state index contributed by atoms with van der Waals surface area (Å²) in [7, 11) is 1.35. The van der Waals surface area contributed by atoms with Crippen LogP contribution in [0, 0.1) is 6.92 Å². The van der Waals surface area contributed by atoms with Gasteiger partial charge in [0.15, 0.2) is 6.04 Å². The van der Waals surface area contributed by atoms with Gasteiger partial charge in [0.25, 0.3) is 5.56 Å². The molecule has 0 saturated heterocycles. The van der Waals surface area contributed by atoms with Crippen molar-refractivity contribution in [2.45, 2.75) is 18.9 Å². The first-order valence-corrected chi connectivity index (χ1v) is 13.2. The Balaban J connectivity index is 1.74. The summed E-state index contributed by atoms with van der Waals surface area (Å²) in [4.78, 5) is 32.4. The van der Waals surface area contributed by atoms with Crippen molar-refractivity contribution in [3.63, 3.8) is 0 Å². The number of H-pyrrole nitrogens is 1. The highest BCUT2D eigenvalue weighted by Crippen LogP contribution is 2.33. The van der Waals surface area contributed by atoms with Crippen LogP contribution in [0.5, 0.6) is 0 Å². The normalized spacial score (nSPS) is 12.5. The van der Waals surface area contributed by atoms with Crippen LogP contribution in [0.25, 0.3) is 5.69 Å². The molecule has 190 valence electrons. The summed E-state index contributed by atoms with van der Waals surface area (Å²) in [5.41, 5.74) is 4.84. The number of esters is 1. The molecule has 3 aromatic carbocycles. The van der Waals surface area contributed by atoms with Gasteiger partial charge in [0.2, 0.25) is 0 Å². The Morgan fingerprint density at radius 2 is 1.47 bits per heavy atom. The SMILES string of the molecule is COC(=O)[C@@H](N=C(c1ccccc1)c1ccccc1)[C@H](c1ccsc1)c1c(C)[nH]n(-c2ccccc2)c1=O. The molecule has 0 aliphatic rings. The molecule has 5 rings (SSSR count). The fourth-order valence-electron chi connectivity index (χ4n) is 4.67. The molecule has 2 aromatic heterocycles. The average molecular weight is 522 g/mol. The van der Waals surface area contributed by atoms with Crippen LogP contribution >= 0.6 is 11.3 Å². The molecule has 2 atom stereocenters. The second kappa shape index (κ2) is 11.3. The number of aromatic amines is 1. The predicted octanol–water partition coefficient (Wildman–Crippen LogP) is 5.75. The van der Waals surface area contributed by atoms with Crippen LogP contribution < -0.4 is 5.56 Å². The van der Waals surface area contributed by atoms with Crippen molar-refractivity contribution < 1.29 is 9.53 Å². The van der Waals surface area contributed by atoms with Gasteiger partial charge in [-0.3, -0.25) is 14.9 Å². The monoisotopic (exact) mass is 521 g/mol. The van der Waals surface area contributed by atoms with Crippen molar-refractivity contribution >= 4 is 23.0 Å². The van der Waals surface area contributed by atoms with E-state index in [1.54, 1.807) is 0 Å². The van der Waals surface area contributed by atoms with Gasteiger partial charge in [-0.25, -0.2) is 9.48 Å². The highest BCUT2D eigenvalue weighted by Gasteiger charge is 2.37. The Kier molecular flexibility index (Phi) is 7.47. The predicted molar refractivity (Wildman–Crippen MR) is 152 cm³/mol. The number of methoxy groups -OCH3 is 1. The van der Waals surface area contributed by atoms with E-state index in [0.717, 1.165) is 16.7 Å². The number of benzene rings is 3. The van der Waals surface area contributed by atoms with Gasteiger partial charge in [0.05, 0.1) is 30.0 Å². The first-order chi connectivity index (χ1) is 18.6. The smallest absolute Gasteiger partial charge is 0.331 e. The largest absolute Gasteiger partial charge is 0.467 e. The molecule has 1 N–H and O–H groups in total. The van der Waals surface area contributed by atoms with Crippen LogP contribution in [0.1, 0.15) is 33.9 Å². The molecular formula is C31H27N3O3S. The number of carbonyl (C=O) groups excluding carboxylic acids is 1. The lowest BCUT2D eigenvalue weighted by atomic mass is 9.86. The van der Waals surface area contributed by atoms with E-state index >= 15 is 0 Å². The standard InChI is InChI=1S/C31H27N3O3S/c1-21-26(30(35)34(33-21)25-16-10-5-11-17-25)27(24-18-19-38-20-24)29(31(36)37-2)32-28(22-12-6-3-7-13-22)23-14-8-4-9-15-23/h3-20,27,29,33H,1-2H3/t27-,29+/m1/s1. The molecule has 0 radical (unpaired) electrons. The molecule has 0 unspecified atom stereocenters. The third-order valence-electron chi connectivity index (χ3n) is 6.47. The molecule has 0 aliphatic heterocycles. The number of aromatic nitrogens is 2. The molecule has 6 nitrogen and oxygen atoms in total. The fraction of sp³-hybridized carbons (Fsp3) is 0.129. The lowest BCUT2D eigenvalue weighted by Crippen LogP contribution is -2.33. The maximum atomic E-state index is 13.9. The van der Waals surface area contributed by atoms with Crippen molar-refractivity contribution in [3.05, 3.63) is 146 Å². The van der Waals surface area contributed by atoms with Gasteiger partial charge in [-0.05, 0) is 41.4 Å². The highest BCUT2D eigenvalue weighted by molar-refractivity contribution is 7.08.